The van der Waals surface area contributed by atoms with E-state index < -0.39 is 5.91 Å². The molecule has 130 valence electrons. The lowest BCUT2D eigenvalue weighted by molar-refractivity contribution is -0.119. The highest BCUT2D eigenvalue weighted by Crippen LogP contribution is 2.15. The van der Waals surface area contributed by atoms with Crippen LogP contribution in [-0.2, 0) is 17.9 Å². The molecule has 0 fully saturated rings. The van der Waals surface area contributed by atoms with Crippen molar-refractivity contribution in [3.63, 3.8) is 0 Å². The van der Waals surface area contributed by atoms with Gasteiger partial charge in [-0.2, -0.15) is 0 Å². The van der Waals surface area contributed by atoms with Crippen LogP contribution in [0.2, 0.25) is 0 Å². The molecule has 0 radical (unpaired) electrons. The smallest absolute Gasteiger partial charge is 0.255 e. The van der Waals surface area contributed by atoms with Gasteiger partial charge in [0.05, 0.1) is 0 Å². The maximum Gasteiger partial charge on any atom is 0.255 e. The summed E-state index contributed by atoms with van der Waals surface area (Å²) in [6.07, 6.45) is 0. The van der Waals surface area contributed by atoms with Crippen molar-refractivity contribution >= 4 is 18.3 Å². The minimum atomic E-state index is -0.473. The second-order valence-corrected chi connectivity index (χ2v) is 5.90. The topological polar surface area (TPSA) is 64.3 Å². The average Bonchev–Trinajstić information content (AvgIpc) is 2.54. The molecule has 0 saturated carbocycles. The first kappa shape index (κ1) is 20.0. The van der Waals surface area contributed by atoms with E-state index in [0.29, 0.717) is 11.7 Å². The van der Waals surface area contributed by atoms with Gasteiger partial charge in [-0.25, -0.2) is 0 Å². The average molecular weight is 349 g/mol. The molecular weight excluding hydrogens is 324 g/mol. The summed E-state index contributed by atoms with van der Waals surface area (Å²) in [4.78, 5) is 10.7. The van der Waals surface area contributed by atoms with E-state index in [0.717, 1.165) is 18.7 Å². The first-order chi connectivity index (χ1) is 11.0. The number of hydrogen-bond donors (Lipinski definition) is 2. The lowest BCUT2D eigenvalue weighted by Gasteiger charge is -2.09. The van der Waals surface area contributed by atoms with Gasteiger partial charge in [-0.1, -0.05) is 50.2 Å². The molecule has 0 saturated heterocycles. The lowest BCUT2D eigenvalue weighted by Crippen LogP contribution is -2.20. The molecule has 2 rings (SSSR count). The molecule has 2 aromatic carbocycles. The number of nitrogens with two attached hydrogens (primary N) is 1. The first-order valence-corrected chi connectivity index (χ1v) is 7.84. The Hall–Kier alpha value is -2.04. The minimum absolute atomic E-state index is 0. The highest BCUT2D eigenvalue weighted by molar-refractivity contribution is 5.85. The van der Waals surface area contributed by atoms with Crippen molar-refractivity contribution in [1.82, 2.24) is 5.32 Å². The van der Waals surface area contributed by atoms with E-state index in [4.69, 9.17) is 10.5 Å². The molecule has 0 spiro atoms. The third kappa shape index (κ3) is 6.60. The van der Waals surface area contributed by atoms with Crippen molar-refractivity contribution in [3.8, 4) is 5.75 Å². The molecule has 2 aromatic rings. The Morgan fingerprint density at radius 2 is 1.50 bits per heavy atom. The molecule has 5 heteroatoms. The number of amides is 1. The SMILES string of the molecule is CC(C)c1ccc(CNCc2ccc(OCC(N)=O)cc2)cc1.Cl. The molecule has 24 heavy (non-hydrogen) atoms. The minimum Gasteiger partial charge on any atom is -0.484 e. The molecule has 0 aliphatic carbocycles. The van der Waals surface area contributed by atoms with E-state index in [-0.39, 0.29) is 19.0 Å². The van der Waals surface area contributed by atoms with E-state index in [1.54, 1.807) is 0 Å². The van der Waals surface area contributed by atoms with Crippen LogP contribution in [0.25, 0.3) is 0 Å². The monoisotopic (exact) mass is 348 g/mol. The van der Waals surface area contributed by atoms with Gasteiger partial charge in [-0.15, -0.1) is 12.4 Å². The van der Waals surface area contributed by atoms with Gasteiger partial charge in [0.15, 0.2) is 6.61 Å². The highest BCUT2D eigenvalue weighted by Gasteiger charge is 2.00. The molecular formula is C19H25ClN2O2. The molecule has 0 atom stereocenters. The van der Waals surface area contributed by atoms with Gasteiger partial charge in [0.25, 0.3) is 5.91 Å². The Bertz CT molecular complexity index is 625. The molecule has 0 bridgehead atoms. The summed E-state index contributed by atoms with van der Waals surface area (Å²) in [5, 5.41) is 3.42. The van der Waals surface area contributed by atoms with Crippen molar-refractivity contribution < 1.29 is 9.53 Å². The third-order valence-corrected chi connectivity index (χ3v) is 3.61. The molecule has 0 unspecified atom stereocenters. The molecule has 3 N–H and O–H groups in total. The summed E-state index contributed by atoms with van der Waals surface area (Å²) in [6, 6.07) is 16.4. The number of carbonyl (C=O) groups excluding carboxylic acids is 1. The van der Waals surface area contributed by atoms with Crippen LogP contribution < -0.4 is 15.8 Å². The fraction of sp³-hybridized carbons (Fsp3) is 0.316. The van der Waals surface area contributed by atoms with Gasteiger partial charge in [0.1, 0.15) is 5.75 Å². The van der Waals surface area contributed by atoms with Crippen molar-refractivity contribution in [2.75, 3.05) is 6.61 Å². The molecule has 0 aliphatic heterocycles. The Labute approximate surface area is 149 Å². The van der Waals surface area contributed by atoms with Crippen LogP contribution in [0.1, 0.15) is 36.5 Å². The number of halogens is 1. The quantitative estimate of drug-likeness (QED) is 0.768. The van der Waals surface area contributed by atoms with Gasteiger partial charge in [-0.3, -0.25) is 4.79 Å². The Kier molecular flexibility index (Phi) is 8.30. The van der Waals surface area contributed by atoms with Crippen LogP contribution in [-0.4, -0.2) is 12.5 Å². The van der Waals surface area contributed by atoms with Crippen molar-refractivity contribution in [1.29, 1.82) is 0 Å². The number of ether oxygens (including phenoxy) is 1. The summed E-state index contributed by atoms with van der Waals surface area (Å²) in [7, 11) is 0. The van der Waals surface area contributed by atoms with E-state index in [1.807, 2.05) is 24.3 Å². The zero-order valence-corrected chi connectivity index (χ0v) is 14.9. The normalized spacial score (nSPS) is 10.3. The summed E-state index contributed by atoms with van der Waals surface area (Å²) in [5.41, 5.74) is 8.84. The standard InChI is InChI=1S/C19H24N2O2.ClH/c1-14(2)17-7-3-15(4-8-17)11-21-12-16-5-9-18(10-6-16)23-13-19(20)22;/h3-10,14,21H,11-13H2,1-2H3,(H2,20,22);1H. The molecule has 0 heterocycles. The van der Waals surface area contributed by atoms with Gasteiger partial charge in [0.2, 0.25) is 0 Å². The van der Waals surface area contributed by atoms with Crippen LogP contribution >= 0.6 is 12.4 Å². The summed E-state index contributed by atoms with van der Waals surface area (Å²) in [5.74, 6) is 0.739. The van der Waals surface area contributed by atoms with Gasteiger partial charge in [-0.05, 0) is 34.7 Å². The maximum atomic E-state index is 10.7. The Morgan fingerprint density at radius 3 is 1.96 bits per heavy atom. The number of carbonyl (C=O) groups is 1. The van der Waals surface area contributed by atoms with Crippen LogP contribution in [0.5, 0.6) is 5.75 Å². The van der Waals surface area contributed by atoms with Crippen LogP contribution in [0, 0.1) is 0 Å². The fourth-order valence-electron chi connectivity index (χ4n) is 2.23. The summed E-state index contributed by atoms with van der Waals surface area (Å²) < 4.78 is 5.23. The zero-order chi connectivity index (χ0) is 16.7. The number of nitrogens with one attached hydrogen (secondary N) is 1. The van der Waals surface area contributed by atoms with Crippen molar-refractivity contribution in [2.45, 2.75) is 32.9 Å². The largest absolute Gasteiger partial charge is 0.484 e. The number of primary amides is 1. The number of hydrogen-bond acceptors (Lipinski definition) is 3. The number of rotatable bonds is 8. The van der Waals surface area contributed by atoms with Crippen LogP contribution in [0.15, 0.2) is 48.5 Å². The van der Waals surface area contributed by atoms with E-state index in [1.165, 1.54) is 11.1 Å². The van der Waals surface area contributed by atoms with Crippen molar-refractivity contribution in [2.24, 2.45) is 5.73 Å². The van der Waals surface area contributed by atoms with E-state index in [9.17, 15) is 4.79 Å². The molecule has 0 aromatic heterocycles. The third-order valence-electron chi connectivity index (χ3n) is 3.61. The van der Waals surface area contributed by atoms with Gasteiger partial charge >= 0.3 is 0 Å². The fourth-order valence-corrected chi connectivity index (χ4v) is 2.23. The van der Waals surface area contributed by atoms with Crippen LogP contribution in [0.3, 0.4) is 0 Å². The van der Waals surface area contributed by atoms with E-state index >= 15 is 0 Å². The summed E-state index contributed by atoms with van der Waals surface area (Å²) in [6.45, 7) is 5.92. The number of benzene rings is 2. The first-order valence-electron chi connectivity index (χ1n) is 7.84. The second kappa shape index (κ2) is 9.96. The zero-order valence-electron chi connectivity index (χ0n) is 14.1. The maximum absolute atomic E-state index is 10.7. The Morgan fingerprint density at radius 1 is 1.00 bits per heavy atom. The second-order valence-electron chi connectivity index (χ2n) is 5.90. The summed E-state index contributed by atoms with van der Waals surface area (Å²) >= 11 is 0. The predicted octanol–water partition coefficient (Wildman–Crippen LogP) is 3.39. The molecule has 4 nitrogen and oxygen atoms in total. The Balaban J connectivity index is 0.00000288. The van der Waals surface area contributed by atoms with Gasteiger partial charge < -0.3 is 15.8 Å². The molecule has 1 amide bonds. The highest BCUT2D eigenvalue weighted by atomic mass is 35.5. The predicted molar refractivity (Wildman–Crippen MR) is 99.5 cm³/mol. The molecule has 0 aliphatic rings. The van der Waals surface area contributed by atoms with Crippen molar-refractivity contribution in [3.05, 3.63) is 65.2 Å². The van der Waals surface area contributed by atoms with E-state index in [2.05, 4.69) is 43.4 Å². The lowest BCUT2D eigenvalue weighted by atomic mass is 10.0. The van der Waals surface area contributed by atoms with Gasteiger partial charge in [0, 0.05) is 13.1 Å². The van der Waals surface area contributed by atoms with Crippen LogP contribution in [0.4, 0.5) is 0 Å².